The predicted molar refractivity (Wildman–Crippen MR) is 73.8 cm³/mol. The molecule has 1 saturated heterocycles. The average molecular weight is 337 g/mol. The largest absolute Gasteiger partial charge is 0.287 e. The highest BCUT2D eigenvalue weighted by atomic mass is 79.9. The molecule has 1 aromatic carbocycles. The average Bonchev–Trinajstić information content (AvgIpc) is 2.51. The van der Waals surface area contributed by atoms with Crippen molar-refractivity contribution in [3.05, 3.63) is 34.3 Å². The molecule has 0 saturated carbocycles. The Morgan fingerprint density at radius 2 is 1.94 bits per heavy atom. The lowest BCUT2D eigenvalue weighted by Crippen LogP contribution is -2.16. The Morgan fingerprint density at radius 3 is 2.47 bits per heavy atom. The molecule has 3 nitrogen and oxygen atoms in total. The lowest BCUT2D eigenvalue weighted by Gasteiger charge is -2.04. The van der Waals surface area contributed by atoms with Gasteiger partial charge >= 0.3 is 0 Å². The van der Waals surface area contributed by atoms with Crippen molar-refractivity contribution in [1.82, 2.24) is 0 Å². The first-order valence-electron chi connectivity index (χ1n) is 5.09. The summed E-state index contributed by atoms with van der Waals surface area (Å²) < 4.78 is 23.7. The van der Waals surface area contributed by atoms with Gasteiger partial charge in [0, 0.05) is 10.7 Å². The van der Waals surface area contributed by atoms with Crippen LogP contribution in [0.15, 0.2) is 33.7 Å². The number of rotatable bonds is 2. The maximum absolute atomic E-state index is 11.3. The molecule has 6 heteroatoms. The van der Waals surface area contributed by atoms with Crippen LogP contribution in [-0.2, 0) is 9.84 Å². The third-order valence-corrected chi connectivity index (χ3v) is 5.41. The van der Waals surface area contributed by atoms with Crippen molar-refractivity contribution in [3.8, 4) is 0 Å². The first-order chi connectivity index (χ1) is 7.96. The molecule has 1 aliphatic heterocycles. The highest BCUT2D eigenvalue weighted by Gasteiger charge is 2.35. The molecule has 0 bridgehead atoms. The van der Waals surface area contributed by atoms with Gasteiger partial charge in [-0.3, -0.25) is 4.99 Å². The molecule has 92 valence electrons. The van der Waals surface area contributed by atoms with Crippen LogP contribution in [0.4, 0.5) is 0 Å². The Hall–Kier alpha value is -0.390. The van der Waals surface area contributed by atoms with E-state index >= 15 is 0 Å². The van der Waals surface area contributed by atoms with Gasteiger partial charge in [0.05, 0.1) is 22.9 Å². The van der Waals surface area contributed by atoms with Gasteiger partial charge in [0.15, 0.2) is 9.84 Å². The topological polar surface area (TPSA) is 46.5 Å². The normalized spacial score (nSPS) is 27.6. The zero-order valence-electron chi connectivity index (χ0n) is 8.88. The van der Waals surface area contributed by atoms with Crippen molar-refractivity contribution >= 4 is 43.6 Å². The third-order valence-electron chi connectivity index (χ3n) is 2.54. The van der Waals surface area contributed by atoms with Gasteiger partial charge in [0.1, 0.15) is 0 Å². The number of nitrogens with zero attached hydrogens (tertiary/aromatic N) is 1. The summed E-state index contributed by atoms with van der Waals surface area (Å²) in [6.45, 7) is 0. The van der Waals surface area contributed by atoms with Gasteiger partial charge < -0.3 is 0 Å². The van der Waals surface area contributed by atoms with Crippen molar-refractivity contribution in [3.63, 3.8) is 0 Å². The van der Waals surface area contributed by atoms with E-state index in [1.165, 1.54) is 0 Å². The summed E-state index contributed by atoms with van der Waals surface area (Å²) in [5.74, 6) is 0.0745. The molecule has 2 atom stereocenters. The van der Waals surface area contributed by atoms with E-state index in [4.69, 9.17) is 11.6 Å². The smallest absolute Gasteiger partial charge is 0.153 e. The van der Waals surface area contributed by atoms with Crippen LogP contribution in [-0.4, -0.2) is 37.6 Å². The van der Waals surface area contributed by atoms with Crippen LogP contribution in [0.2, 0.25) is 0 Å². The zero-order valence-corrected chi connectivity index (χ0v) is 12.0. The molecule has 0 radical (unpaired) electrons. The fourth-order valence-electron chi connectivity index (χ4n) is 1.65. The summed E-state index contributed by atoms with van der Waals surface area (Å²) in [4.78, 5) is 4.25. The highest BCUT2D eigenvalue weighted by molar-refractivity contribution is 9.10. The van der Waals surface area contributed by atoms with Crippen LogP contribution in [0.3, 0.4) is 0 Å². The second-order valence-corrected chi connectivity index (χ2v) is 7.62. The van der Waals surface area contributed by atoms with Crippen LogP contribution < -0.4 is 0 Å². The van der Waals surface area contributed by atoms with Crippen LogP contribution in [0.25, 0.3) is 0 Å². The van der Waals surface area contributed by atoms with Gasteiger partial charge in [-0.05, 0) is 17.7 Å². The molecule has 1 aromatic rings. The molecule has 0 N–H and O–H groups in total. The number of aliphatic imine (C=N–C) groups is 1. The molecule has 0 spiro atoms. The maximum atomic E-state index is 11.3. The van der Waals surface area contributed by atoms with E-state index in [0.29, 0.717) is 0 Å². The Balaban J connectivity index is 2.09. The number of sulfone groups is 1. The lowest BCUT2D eigenvalue weighted by atomic mass is 10.2. The van der Waals surface area contributed by atoms with Gasteiger partial charge in [-0.25, -0.2) is 8.42 Å². The number of hydrogen-bond acceptors (Lipinski definition) is 3. The quantitative estimate of drug-likeness (QED) is 0.614. The molecule has 0 amide bonds. The fraction of sp³-hybridized carbons (Fsp3) is 0.364. The summed E-state index contributed by atoms with van der Waals surface area (Å²) in [5, 5.41) is -0.410. The van der Waals surface area contributed by atoms with Crippen molar-refractivity contribution in [2.75, 3.05) is 11.5 Å². The lowest BCUT2D eigenvalue weighted by molar-refractivity contribution is 0.601. The summed E-state index contributed by atoms with van der Waals surface area (Å²) in [5.41, 5.74) is 0.932. The molecule has 2 rings (SSSR count). The second kappa shape index (κ2) is 5.08. The van der Waals surface area contributed by atoms with Crippen LogP contribution in [0.1, 0.15) is 5.56 Å². The third kappa shape index (κ3) is 3.53. The van der Waals surface area contributed by atoms with Gasteiger partial charge in [0.25, 0.3) is 0 Å². The maximum Gasteiger partial charge on any atom is 0.153 e. The molecule has 2 unspecified atom stereocenters. The molecular weight excluding hydrogens is 326 g/mol. The van der Waals surface area contributed by atoms with Crippen molar-refractivity contribution in [1.29, 1.82) is 0 Å². The van der Waals surface area contributed by atoms with Crippen molar-refractivity contribution in [2.45, 2.75) is 11.4 Å². The number of halogens is 2. The van der Waals surface area contributed by atoms with Gasteiger partial charge in [0.2, 0.25) is 0 Å². The first-order valence-corrected chi connectivity index (χ1v) is 8.14. The van der Waals surface area contributed by atoms with Gasteiger partial charge in [-0.1, -0.05) is 28.1 Å². The monoisotopic (exact) mass is 335 g/mol. The standard InChI is InChI=1S/C11H11BrClNO2S/c12-9-3-1-8(2-4-9)5-14-11-7-17(15,16)6-10(11)13/h1-5,10-11H,6-7H2. The number of benzene rings is 1. The van der Waals surface area contributed by atoms with Crippen LogP contribution >= 0.6 is 27.5 Å². The van der Waals surface area contributed by atoms with E-state index in [1.54, 1.807) is 6.21 Å². The van der Waals surface area contributed by atoms with E-state index in [0.717, 1.165) is 10.0 Å². The molecule has 1 aliphatic rings. The van der Waals surface area contributed by atoms with Crippen molar-refractivity contribution < 1.29 is 8.42 Å². The van der Waals surface area contributed by atoms with E-state index < -0.39 is 15.2 Å². The Kier molecular flexibility index (Phi) is 3.90. The SMILES string of the molecule is O=S1(=O)CC(Cl)C(N=Cc2ccc(Br)cc2)C1. The molecule has 0 aromatic heterocycles. The van der Waals surface area contributed by atoms with Crippen LogP contribution in [0.5, 0.6) is 0 Å². The van der Waals surface area contributed by atoms with Gasteiger partial charge in [-0.2, -0.15) is 0 Å². The van der Waals surface area contributed by atoms with Crippen LogP contribution in [0, 0.1) is 0 Å². The Labute approximate surface area is 114 Å². The number of hydrogen-bond donors (Lipinski definition) is 0. The second-order valence-electron chi connectivity index (χ2n) is 3.99. The Bertz CT molecular complexity index is 527. The van der Waals surface area contributed by atoms with Gasteiger partial charge in [-0.15, -0.1) is 11.6 Å². The van der Waals surface area contributed by atoms with E-state index in [2.05, 4.69) is 20.9 Å². The van der Waals surface area contributed by atoms with E-state index in [9.17, 15) is 8.42 Å². The number of alkyl halides is 1. The highest BCUT2D eigenvalue weighted by Crippen LogP contribution is 2.20. The predicted octanol–water partition coefficient (Wildman–Crippen LogP) is 2.27. The molecule has 0 aliphatic carbocycles. The minimum Gasteiger partial charge on any atom is -0.287 e. The molecule has 17 heavy (non-hydrogen) atoms. The minimum absolute atomic E-state index is 0.0247. The molecule has 1 fully saturated rings. The van der Waals surface area contributed by atoms with E-state index in [1.807, 2.05) is 24.3 Å². The summed E-state index contributed by atoms with van der Waals surface area (Å²) in [6, 6.07) is 7.29. The minimum atomic E-state index is -3.01. The molecular formula is C11H11BrClNO2S. The summed E-state index contributed by atoms with van der Waals surface area (Å²) in [6.07, 6.45) is 1.67. The Morgan fingerprint density at radius 1 is 1.29 bits per heavy atom. The zero-order chi connectivity index (χ0) is 12.5. The van der Waals surface area contributed by atoms with Crippen molar-refractivity contribution in [2.24, 2.45) is 4.99 Å². The summed E-state index contributed by atoms with van der Waals surface area (Å²) in [7, 11) is -3.01. The summed E-state index contributed by atoms with van der Waals surface area (Å²) >= 11 is 9.30. The molecule has 1 heterocycles. The first kappa shape index (κ1) is 13.1. The fourth-order valence-corrected chi connectivity index (χ4v) is 4.44. The van der Waals surface area contributed by atoms with E-state index in [-0.39, 0.29) is 17.5 Å².